The molecule has 0 radical (unpaired) electrons. The second kappa shape index (κ2) is 8.08. The maximum absolute atomic E-state index is 12.5. The van der Waals surface area contributed by atoms with E-state index in [4.69, 9.17) is 16.3 Å². The van der Waals surface area contributed by atoms with Crippen molar-refractivity contribution in [2.75, 3.05) is 29.5 Å². The van der Waals surface area contributed by atoms with E-state index in [9.17, 15) is 13.2 Å². The zero-order valence-corrected chi connectivity index (χ0v) is 16.9. The fraction of sp³-hybridized carbons (Fsp3) is 0.150. The number of sulfonamides is 1. The Kier molecular flexibility index (Phi) is 5.76. The topological polar surface area (TPSA) is 75.7 Å². The third-order valence-electron chi connectivity index (χ3n) is 4.14. The van der Waals surface area contributed by atoms with Crippen molar-refractivity contribution in [3.8, 4) is 5.75 Å². The molecule has 3 rings (SSSR count). The van der Waals surface area contributed by atoms with E-state index in [0.717, 1.165) is 21.3 Å². The van der Waals surface area contributed by atoms with Crippen LogP contribution in [-0.4, -0.2) is 34.2 Å². The van der Waals surface area contributed by atoms with Gasteiger partial charge in [0.1, 0.15) is 12.3 Å². The normalized spacial score (nSPS) is 11.2. The summed E-state index contributed by atoms with van der Waals surface area (Å²) >= 11 is 6.10. The van der Waals surface area contributed by atoms with Gasteiger partial charge in [-0.1, -0.05) is 41.9 Å². The first kappa shape index (κ1) is 20.0. The van der Waals surface area contributed by atoms with Crippen LogP contribution in [0.4, 0.5) is 11.4 Å². The first-order valence-electron chi connectivity index (χ1n) is 8.38. The number of hydrogen-bond acceptors (Lipinski definition) is 4. The lowest BCUT2D eigenvalue weighted by Gasteiger charge is -2.22. The highest BCUT2D eigenvalue weighted by molar-refractivity contribution is 7.92. The van der Waals surface area contributed by atoms with Crippen LogP contribution in [0.25, 0.3) is 10.8 Å². The fourth-order valence-electron chi connectivity index (χ4n) is 2.81. The monoisotopic (exact) mass is 418 g/mol. The molecule has 0 bridgehead atoms. The number of nitrogens with one attached hydrogen (secondary N) is 1. The number of amides is 1. The Morgan fingerprint density at radius 2 is 1.79 bits per heavy atom. The van der Waals surface area contributed by atoms with Crippen LogP contribution >= 0.6 is 11.6 Å². The van der Waals surface area contributed by atoms with Gasteiger partial charge in [-0.2, -0.15) is 0 Å². The van der Waals surface area contributed by atoms with Gasteiger partial charge in [-0.25, -0.2) is 8.42 Å². The third kappa shape index (κ3) is 4.55. The van der Waals surface area contributed by atoms with Crippen molar-refractivity contribution in [3.05, 3.63) is 65.7 Å². The zero-order chi connectivity index (χ0) is 20.3. The van der Waals surface area contributed by atoms with E-state index < -0.39 is 15.9 Å². The van der Waals surface area contributed by atoms with Crippen LogP contribution < -0.4 is 14.4 Å². The first-order valence-corrected chi connectivity index (χ1v) is 10.6. The summed E-state index contributed by atoms with van der Waals surface area (Å²) in [7, 11) is -2.24. The molecule has 0 heterocycles. The summed E-state index contributed by atoms with van der Waals surface area (Å²) in [5.41, 5.74) is 0.867. The van der Waals surface area contributed by atoms with Gasteiger partial charge in [-0.15, -0.1) is 0 Å². The Morgan fingerprint density at radius 3 is 2.43 bits per heavy atom. The molecule has 0 aromatic heterocycles. The largest absolute Gasteiger partial charge is 0.495 e. The second-order valence-corrected chi connectivity index (χ2v) is 8.51. The Balaban J connectivity index is 1.82. The number of carbonyl (C=O) groups excluding carboxylic acids is 1. The number of fused-ring (bicyclic) bond motifs is 1. The van der Waals surface area contributed by atoms with Gasteiger partial charge in [-0.3, -0.25) is 9.10 Å². The lowest BCUT2D eigenvalue weighted by molar-refractivity contribution is -0.114. The molecule has 0 saturated heterocycles. The molecule has 0 saturated carbocycles. The lowest BCUT2D eigenvalue weighted by Crippen LogP contribution is -2.37. The van der Waals surface area contributed by atoms with Crippen molar-refractivity contribution in [1.29, 1.82) is 0 Å². The number of ether oxygens (including phenoxy) is 1. The fourth-order valence-corrected chi connectivity index (χ4v) is 3.91. The van der Waals surface area contributed by atoms with Crippen molar-refractivity contribution in [1.82, 2.24) is 0 Å². The highest BCUT2D eigenvalue weighted by Gasteiger charge is 2.22. The number of rotatable bonds is 6. The molecule has 0 fully saturated rings. The number of nitrogens with zero attached hydrogens (tertiary/aromatic N) is 1. The van der Waals surface area contributed by atoms with Gasteiger partial charge in [-0.05, 0) is 41.1 Å². The van der Waals surface area contributed by atoms with Crippen molar-refractivity contribution < 1.29 is 17.9 Å². The summed E-state index contributed by atoms with van der Waals surface area (Å²) in [6.07, 6.45) is 1.04. The average Bonchev–Trinajstić information content (AvgIpc) is 2.65. The minimum Gasteiger partial charge on any atom is -0.495 e. The summed E-state index contributed by atoms with van der Waals surface area (Å²) in [5, 5.41) is 5.02. The molecular weight excluding hydrogens is 400 g/mol. The van der Waals surface area contributed by atoms with Gasteiger partial charge >= 0.3 is 0 Å². The summed E-state index contributed by atoms with van der Waals surface area (Å²) in [4.78, 5) is 12.5. The molecule has 0 spiro atoms. The Hall–Kier alpha value is -2.77. The SMILES string of the molecule is COc1ccc(N(CC(=O)Nc2ccc3ccccc3c2)S(C)(=O)=O)cc1Cl. The molecular formula is C20H19ClN2O4S. The quantitative estimate of drug-likeness (QED) is 0.658. The van der Waals surface area contributed by atoms with Crippen LogP contribution in [-0.2, 0) is 14.8 Å². The first-order chi connectivity index (χ1) is 13.3. The lowest BCUT2D eigenvalue weighted by atomic mass is 10.1. The number of benzene rings is 3. The van der Waals surface area contributed by atoms with Crippen LogP contribution in [0, 0.1) is 0 Å². The molecule has 1 amide bonds. The van der Waals surface area contributed by atoms with Gasteiger partial charge < -0.3 is 10.1 Å². The highest BCUT2D eigenvalue weighted by atomic mass is 35.5. The van der Waals surface area contributed by atoms with E-state index >= 15 is 0 Å². The molecule has 0 aliphatic carbocycles. The van der Waals surface area contributed by atoms with Crippen molar-refractivity contribution in [2.45, 2.75) is 0 Å². The van der Waals surface area contributed by atoms with Crippen LogP contribution in [0.15, 0.2) is 60.7 Å². The highest BCUT2D eigenvalue weighted by Crippen LogP contribution is 2.30. The number of methoxy groups -OCH3 is 1. The molecule has 3 aromatic rings. The van der Waals surface area contributed by atoms with Gasteiger partial charge in [0.15, 0.2) is 0 Å². The molecule has 28 heavy (non-hydrogen) atoms. The maximum Gasteiger partial charge on any atom is 0.245 e. The van der Waals surface area contributed by atoms with Gasteiger partial charge in [0, 0.05) is 5.69 Å². The van der Waals surface area contributed by atoms with E-state index in [1.165, 1.54) is 19.2 Å². The van der Waals surface area contributed by atoms with Crippen LogP contribution in [0.2, 0.25) is 5.02 Å². The number of anilines is 2. The van der Waals surface area contributed by atoms with Gasteiger partial charge in [0.2, 0.25) is 15.9 Å². The summed E-state index contributed by atoms with van der Waals surface area (Å²) in [5.74, 6) is -0.0490. The van der Waals surface area contributed by atoms with Gasteiger partial charge in [0.25, 0.3) is 0 Å². The molecule has 6 nitrogen and oxygen atoms in total. The zero-order valence-electron chi connectivity index (χ0n) is 15.3. The predicted molar refractivity (Wildman–Crippen MR) is 113 cm³/mol. The Morgan fingerprint density at radius 1 is 1.07 bits per heavy atom. The molecule has 146 valence electrons. The maximum atomic E-state index is 12.5. The molecule has 3 aromatic carbocycles. The number of hydrogen-bond donors (Lipinski definition) is 1. The van der Waals surface area contributed by atoms with E-state index in [1.54, 1.807) is 12.1 Å². The standard InChI is InChI=1S/C20H19ClN2O4S/c1-27-19-10-9-17(12-18(19)21)23(28(2,25)26)13-20(24)22-16-8-7-14-5-3-4-6-15(14)11-16/h3-12H,13H2,1-2H3,(H,22,24). The minimum absolute atomic E-state index is 0.253. The summed E-state index contributed by atoms with van der Waals surface area (Å²) < 4.78 is 30.5. The Labute approximate surface area is 168 Å². The molecule has 0 aliphatic rings. The second-order valence-electron chi connectivity index (χ2n) is 6.20. The average molecular weight is 419 g/mol. The summed E-state index contributed by atoms with van der Waals surface area (Å²) in [6, 6.07) is 17.8. The molecule has 0 unspecified atom stereocenters. The smallest absolute Gasteiger partial charge is 0.245 e. The van der Waals surface area contributed by atoms with Crippen molar-refractivity contribution in [2.24, 2.45) is 0 Å². The molecule has 8 heteroatoms. The van der Waals surface area contributed by atoms with Crippen LogP contribution in [0.5, 0.6) is 5.75 Å². The van der Waals surface area contributed by atoms with Crippen molar-refractivity contribution in [3.63, 3.8) is 0 Å². The van der Waals surface area contributed by atoms with E-state index in [0.29, 0.717) is 11.4 Å². The van der Waals surface area contributed by atoms with Crippen LogP contribution in [0.1, 0.15) is 0 Å². The molecule has 1 N–H and O–H groups in total. The number of halogens is 1. The summed E-state index contributed by atoms with van der Waals surface area (Å²) in [6.45, 7) is -0.381. The van der Waals surface area contributed by atoms with E-state index in [-0.39, 0.29) is 17.3 Å². The number of carbonyl (C=O) groups is 1. The molecule has 0 aliphatic heterocycles. The van der Waals surface area contributed by atoms with Gasteiger partial charge in [0.05, 0.1) is 24.1 Å². The van der Waals surface area contributed by atoms with Crippen molar-refractivity contribution >= 4 is 49.7 Å². The third-order valence-corrected chi connectivity index (χ3v) is 5.58. The van der Waals surface area contributed by atoms with E-state index in [2.05, 4.69) is 5.32 Å². The molecule has 0 atom stereocenters. The van der Waals surface area contributed by atoms with Crippen LogP contribution in [0.3, 0.4) is 0 Å². The van der Waals surface area contributed by atoms with E-state index in [1.807, 2.05) is 36.4 Å². The minimum atomic E-state index is -3.70. The predicted octanol–water partition coefficient (Wildman–Crippen LogP) is 3.91. The Bertz CT molecular complexity index is 1130.